The molecule has 1 saturated carbocycles. The SMILES string of the molecule is C[C@@H]1C[C@@H](CC=O)[C@H]2CC=CN(C(=O)OCc3ccccc3)[C@H]2C1. The number of carbonyl (C=O) groups excluding carboxylic acids is 2. The standard InChI is InChI=1S/C20H25NO3/c1-15-12-17(9-11-22)18-8-5-10-21(19(18)13-15)20(23)24-14-16-6-3-2-4-7-16/h2-7,10-11,15,17-19H,8-9,12-14H2,1H3/t15-,17-,18-,19+/m1/s1. The highest BCUT2D eigenvalue weighted by Gasteiger charge is 2.41. The zero-order valence-electron chi connectivity index (χ0n) is 14.1. The second-order valence-electron chi connectivity index (χ2n) is 7.04. The summed E-state index contributed by atoms with van der Waals surface area (Å²) in [6.45, 7) is 2.49. The van der Waals surface area contributed by atoms with Crippen molar-refractivity contribution in [1.82, 2.24) is 4.90 Å². The van der Waals surface area contributed by atoms with Crippen LogP contribution in [0.15, 0.2) is 42.6 Å². The fraction of sp³-hybridized carbons (Fsp3) is 0.500. The number of aldehydes is 1. The molecule has 1 amide bonds. The minimum atomic E-state index is -0.288. The van der Waals surface area contributed by atoms with Crippen molar-refractivity contribution in [3.63, 3.8) is 0 Å². The van der Waals surface area contributed by atoms with Gasteiger partial charge < -0.3 is 9.53 Å². The van der Waals surface area contributed by atoms with Gasteiger partial charge in [0.25, 0.3) is 0 Å². The van der Waals surface area contributed by atoms with E-state index in [1.165, 1.54) is 0 Å². The number of ether oxygens (including phenoxy) is 1. The molecule has 1 aliphatic carbocycles. The number of benzene rings is 1. The van der Waals surface area contributed by atoms with Crippen LogP contribution < -0.4 is 0 Å². The van der Waals surface area contributed by atoms with Gasteiger partial charge in [-0.2, -0.15) is 0 Å². The van der Waals surface area contributed by atoms with Crippen LogP contribution in [0.1, 0.15) is 38.2 Å². The van der Waals surface area contributed by atoms with E-state index in [-0.39, 0.29) is 18.7 Å². The van der Waals surface area contributed by atoms with Gasteiger partial charge >= 0.3 is 6.09 Å². The Morgan fingerprint density at radius 1 is 1.29 bits per heavy atom. The zero-order chi connectivity index (χ0) is 16.9. The number of nitrogens with zero attached hydrogens (tertiary/aromatic N) is 1. The molecule has 0 unspecified atom stereocenters. The fourth-order valence-corrected chi connectivity index (χ4v) is 4.19. The van der Waals surface area contributed by atoms with E-state index in [0.29, 0.717) is 24.2 Å². The van der Waals surface area contributed by atoms with Crippen LogP contribution in [0.4, 0.5) is 4.79 Å². The number of amides is 1. The molecule has 2 aliphatic rings. The van der Waals surface area contributed by atoms with Gasteiger partial charge in [-0.1, -0.05) is 43.3 Å². The van der Waals surface area contributed by atoms with Crippen molar-refractivity contribution in [2.75, 3.05) is 0 Å². The summed E-state index contributed by atoms with van der Waals surface area (Å²) in [7, 11) is 0. The number of fused-ring (bicyclic) bond motifs is 1. The highest BCUT2D eigenvalue weighted by molar-refractivity contribution is 5.69. The molecule has 24 heavy (non-hydrogen) atoms. The molecule has 0 N–H and O–H groups in total. The summed E-state index contributed by atoms with van der Waals surface area (Å²) in [6, 6.07) is 9.86. The lowest BCUT2D eigenvalue weighted by atomic mass is 9.68. The van der Waals surface area contributed by atoms with Gasteiger partial charge in [-0.25, -0.2) is 4.79 Å². The van der Waals surface area contributed by atoms with E-state index in [1.54, 1.807) is 4.90 Å². The summed E-state index contributed by atoms with van der Waals surface area (Å²) in [5.41, 5.74) is 0.985. The van der Waals surface area contributed by atoms with Crippen LogP contribution in [0.5, 0.6) is 0 Å². The second kappa shape index (κ2) is 7.65. The Morgan fingerprint density at radius 3 is 2.83 bits per heavy atom. The molecule has 128 valence electrons. The predicted octanol–water partition coefficient (Wildman–Crippen LogP) is 4.16. The van der Waals surface area contributed by atoms with Crippen molar-refractivity contribution in [2.24, 2.45) is 17.8 Å². The third kappa shape index (κ3) is 3.69. The highest BCUT2D eigenvalue weighted by atomic mass is 16.6. The Balaban J connectivity index is 1.68. The van der Waals surface area contributed by atoms with E-state index in [9.17, 15) is 9.59 Å². The smallest absolute Gasteiger partial charge is 0.414 e. The number of allylic oxidation sites excluding steroid dienone is 1. The van der Waals surface area contributed by atoms with Crippen molar-refractivity contribution in [3.05, 3.63) is 48.2 Å². The van der Waals surface area contributed by atoms with Gasteiger partial charge in [0.05, 0.1) is 0 Å². The van der Waals surface area contributed by atoms with Crippen LogP contribution in [-0.2, 0) is 16.1 Å². The van der Waals surface area contributed by atoms with Crippen LogP contribution in [0.25, 0.3) is 0 Å². The molecule has 1 aliphatic heterocycles. The number of hydrogen-bond acceptors (Lipinski definition) is 3. The van der Waals surface area contributed by atoms with Crippen molar-refractivity contribution < 1.29 is 14.3 Å². The van der Waals surface area contributed by atoms with E-state index < -0.39 is 0 Å². The van der Waals surface area contributed by atoms with E-state index in [4.69, 9.17) is 4.74 Å². The third-order valence-electron chi connectivity index (χ3n) is 5.30. The summed E-state index contributed by atoms with van der Waals surface area (Å²) in [5.74, 6) is 1.25. The first-order chi connectivity index (χ1) is 11.7. The molecule has 4 atom stereocenters. The maximum absolute atomic E-state index is 12.6. The molecular formula is C20H25NO3. The lowest BCUT2D eigenvalue weighted by Gasteiger charge is -2.46. The molecule has 1 aromatic rings. The maximum atomic E-state index is 12.6. The quantitative estimate of drug-likeness (QED) is 0.780. The largest absolute Gasteiger partial charge is 0.444 e. The van der Waals surface area contributed by atoms with E-state index in [2.05, 4.69) is 6.92 Å². The number of hydrogen-bond donors (Lipinski definition) is 0. The minimum absolute atomic E-state index is 0.145. The number of carbonyl (C=O) groups is 2. The van der Waals surface area contributed by atoms with Gasteiger partial charge in [0.1, 0.15) is 12.9 Å². The summed E-state index contributed by atoms with van der Waals surface area (Å²) >= 11 is 0. The van der Waals surface area contributed by atoms with Gasteiger partial charge in [0, 0.05) is 18.7 Å². The maximum Gasteiger partial charge on any atom is 0.414 e. The Kier molecular flexibility index (Phi) is 5.34. The molecule has 0 saturated heterocycles. The van der Waals surface area contributed by atoms with Crippen LogP contribution >= 0.6 is 0 Å². The van der Waals surface area contributed by atoms with Crippen molar-refractivity contribution in [2.45, 2.75) is 45.3 Å². The monoisotopic (exact) mass is 327 g/mol. The normalized spacial score (nSPS) is 29.0. The first-order valence-corrected chi connectivity index (χ1v) is 8.78. The van der Waals surface area contributed by atoms with Crippen molar-refractivity contribution in [3.8, 4) is 0 Å². The second-order valence-corrected chi connectivity index (χ2v) is 7.04. The van der Waals surface area contributed by atoms with Crippen LogP contribution in [-0.4, -0.2) is 23.3 Å². The van der Waals surface area contributed by atoms with Crippen LogP contribution in [0.2, 0.25) is 0 Å². The molecule has 4 nitrogen and oxygen atoms in total. The van der Waals surface area contributed by atoms with Gasteiger partial charge in [0.2, 0.25) is 0 Å². The molecule has 1 heterocycles. The number of rotatable bonds is 4. The van der Waals surface area contributed by atoms with Crippen LogP contribution in [0, 0.1) is 17.8 Å². The van der Waals surface area contributed by atoms with E-state index in [1.807, 2.05) is 42.6 Å². The van der Waals surface area contributed by atoms with Crippen molar-refractivity contribution in [1.29, 1.82) is 0 Å². The first kappa shape index (κ1) is 16.7. The molecule has 0 spiro atoms. The zero-order valence-corrected chi connectivity index (χ0v) is 14.1. The first-order valence-electron chi connectivity index (χ1n) is 8.78. The van der Waals surface area contributed by atoms with Crippen LogP contribution in [0.3, 0.4) is 0 Å². The lowest BCUT2D eigenvalue weighted by Crippen LogP contribution is -2.49. The van der Waals surface area contributed by atoms with Gasteiger partial charge in [0.15, 0.2) is 0 Å². The molecule has 0 bridgehead atoms. The highest BCUT2D eigenvalue weighted by Crippen LogP contribution is 2.42. The minimum Gasteiger partial charge on any atom is -0.444 e. The summed E-state index contributed by atoms with van der Waals surface area (Å²) < 4.78 is 5.51. The Labute approximate surface area is 143 Å². The molecular weight excluding hydrogens is 302 g/mol. The Hall–Kier alpha value is -2.10. The van der Waals surface area contributed by atoms with Crippen molar-refractivity contribution >= 4 is 12.4 Å². The topological polar surface area (TPSA) is 46.6 Å². The fourth-order valence-electron chi connectivity index (χ4n) is 4.19. The molecule has 3 rings (SSSR count). The lowest BCUT2D eigenvalue weighted by molar-refractivity contribution is -0.109. The summed E-state index contributed by atoms with van der Waals surface area (Å²) in [5, 5.41) is 0. The van der Waals surface area contributed by atoms with Gasteiger partial charge in [-0.05, 0) is 42.6 Å². The summed E-state index contributed by atoms with van der Waals surface area (Å²) in [6.07, 6.45) is 8.22. The molecule has 0 aromatic heterocycles. The molecule has 1 fully saturated rings. The van der Waals surface area contributed by atoms with Gasteiger partial charge in [-0.15, -0.1) is 0 Å². The average molecular weight is 327 g/mol. The Morgan fingerprint density at radius 2 is 2.08 bits per heavy atom. The van der Waals surface area contributed by atoms with E-state index >= 15 is 0 Å². The van der Waals surface area contributed by atoms with Gasteiger partial charge in [-0.3, -0.25) is 4.90 Å². The third-order valence-corrected chi connectivity index (χ3v) is 5.30. The molecule has 4 heteroatoms. The predicted molar refractivity (Wildman–Crippen MR) is 92.1 cm³/mol. The molecule has 0 radical (unpaired) electrons. The Bertz CT molecular complexity index is 598. The van der Waals surface area contributed by atoms with E-state index in [0.717, 1.165) is 31.1 Å². The average Bonchev–Trinajstić information content (AvgIpc) is 2.60. The molecule has 1 aromatic carbocycles. The summed E-state index contributed by atoms with van der Waals surface area (Å²) in [4.78, 5) is 25.3.